The number of carbonyl (C=O) groups is 1. The second kappa shape index (κ2) is 7.64. The second-order valence-electron chi connectivity index (χ2n) is 7.36. The van der Waals surface area contributed by atoms with E-state index in [9.17, 15) is 4.79 Å². The summed E-state index contributed by atoms with van der Waals surface area (Å²) < 4.78 is 5.81. The van der Waals surface area contributed by atoms with Gasteiger partial charge in [0.15, 0.2) is 0 Å². The van der Waals surface area contributed by atoms with Crippen molar-refractivity contribution in [3.8, 4) is 0 Å². The summed E-state index contributed by atoms with van der Waals surface area (Å²) in [4.78, 5) is 14.8. The number of hydrogen-bond donors (Lipinski definition) is 2. The van der Waals surface area contributed by atoms with E-state index in [1.54, 1.807) is 0 Å². The fraction of sp³-hybridized carbons (Fsp3) is 0.632. The molecule has 2 atom stereocenters. The minimum Gasteiger partial charge on any atom is -0.375 e. The molecule has 0 bridgehead atoms. The monoisotopic (exact) mass is 331 g/mol. The number of nitrogens with two attached hydrogens (primary N) is 1. The van der Waals surface area contributed by atoms with Gasteiger partial charge in [0.05, 0.1) is 24.7 Å². The summed E-state index contributed by atoms with van der Waals surface area (Å²) in [7, 11) is 0. The number of carbonyl (C=O) groups excluding carboxylic acids is 1. The Hall–Kier alpha value is -1.43. The van der Waals surface area contributed by atoms with Gasteiger partial charge in [-0.1, -0.05) is 30.3 Å². The van der Waals surface area contributed by atoms with E-state index in [0.717, 1.165) is 19.6 Å². The van der Waals surface area contributed by atoms with E-state index in [0.29, 0.717) is 25.5 Å². The molecule has 0 aromatic heterocycles. The van der Waals surface area contributed by atoms with Gasteiger partial charge in [-0.25, -0.2) is 0 Å². The van der Waals surface area contributed by atoms with Crippen LogP contribution in [0.5, 0.6) is 0 Å². The molecule has 1 aromatic carbocycles. The van der Waals surface area contributed by atoms with Crippen molar-refractivity contribution in [2.45, 2.75) is 44.4 Å². The normalized spacial score (nSPS) is 24.3. The molecule has 2 unspecified atom stereocenters. The quantitative estimate of drug-likeness (QED) is 0.795. The van der Waals surface area contributed by atoms with Gasteiger partial charge in [-0.3, -0.25) is 9.69 Å². The zero-order valence-corrected chi connectivity index (χ0v) is 14.5. The zero-order chi connectivity index (χ0) is 17.0. The lowest BCUT2D eigenvalue weighted by molar-refractivity contribution is -0.128. The van der Waals surface area contributed by atoms with Crippen molar-refractivity contribution in [1.29, 1.82) is 0 Å². The van der Waals surface area contributed by atoms with Crippen LogP contribution in [0.3, 0.4) is 0 Å². The summed E-state index contributed by atoms with van der Waals surface area (Å²) in [5.74, 6) is 0.592. The fourth-order valence-electron chi connectivity index (χ4n) is 3.51. The van der Waals surface area contributed by atoms with Gasteiger partial charge in [-0.15, -0.1) is 0 Å². The Labute approximate surface area is 144 Å². The molecule has 132 valence electrons. The van der Waals surface area contributed by atoms with Crippen LogP contribution in [-0.2, 0) is 16.1 Å². The molecular formula is C19H29N3O2. The Morgan fingerprint density at radius 3 is 2.79 bits per heavy atom. The van der Waals surface area contributed by atoms with Crippen LogP contribution >= 0.6 is 0 Å². The largest absolute Gasteiger partial charge is 0.375 e. The Balaban J connectivity index is 1.49. The predicted octanol–water partition coefficient (Wildman–Crippen LogP) is 1.52. The summed E-state index contributed by atoms with van der Waals surface area (Å²) in [6, 6.07) is 10.4. The Bertz CT molecular complexity index is 547. The third kappa shape index (κ3) is 4.56. The van der Waals surface area contributed by atoms with E-state index in [1.165, 1.54) is 18.4 Å². The molecule has 1 aliphatic carbocycles. The summed E-state index contributed by atoms with van der Waals surface area (Å²) in [6.07, 6.45) is 2.70. The standard InChI is InChI=1S/C19H29N3O2/c1-19(14-20,16-7-8-16)21-18(23)11-17-13-22(9-10-24-17)12-15-5-3-2-4-6-15/h2-6,16-17H,7-14,20H2,1H3,(H,21,23). The number of amides is 1. The molecular weight excluding hydrogens is 302 g/mol. The topological polar surface area (TPSA) is 67.6 Å². The number of ether oxygens (including phenoxy) is 1. The third-order valence-electron chi connectivity index (χ3n) is 5.21. The van der Waals surface area contributed by atoms with Gasteiger partial charge in [0.2, 0.25) is 5.91 Å². The number of morpholine rings is 1. The minimum atomic E-state index is -0.254. The van der Waals surface area contributed by atoms with Crippen molar-refractivity contribution in [3.63, 3.8) is 0 Å². The summed E-state index contributed by atoms with van der Waals surface area (Å²) in [6.45, 7) is 5.86. The average molecular weight is 331 g/mol. The Morgan fingerprint density at radius 2 is 2.12 bits per heavy atom. The van der Waals surface area contributed by atoms with Crippen LogP contribution in [0.4, 0.5) is 0 Å². The molecule has 1 aliphatic heterocycles. The first-order valence-electron chi connectivity index (χ1n) is 8.98. The van der Waals surface area contributed by atoms with Gasteiger partial charge in [0.1, 0.15) is 0 Å². The molecule has 1 aromatic rings. The molecule has 5 nitrogen and oxygen atoms in total. The number of nitrogens with one attached hydrogen (secondary N) is 1. The van der Waals surface area contributed by atoms with E-state index in [2.05, 4.69) is 41.4 Å². The highest BCUT2D eigenvalue weighted by Crippen LogP contribution is 2.39. The summed E-state index contributed by atoms with van der Waals surface area (Å²) in [5.41, 5.74) is 6.93. The highest BCUT2D eigenvalue weighted by molar-refractivity contribution is 5.77. The molecule has 1 saturated heterocycles. The third-order valence-corrected chi connectivity index (χ3v) is 5.21. The lowest BCUT2D eigenvalue weighted by Crippen LogP contribution is -2.54. The van der Waals surface area contributed by atoms with Crippen molar-refractivity contribution in [1.82, 2.24) is 10.2 Å². The first-order valence-corrected chi connectivity index (χ1v) is 8.98. The fourth-order valence-corrected chi connectivity index (χ4v) is 3.51. The van der Waals surface area contributed by atoms with Crippen LogP contribution in [0.15, 0.2) is 30.3 Å². The predicted molar refractivity (Wildman–Crippen MR) is 94.4 cm³/mol. The van der Waals surface area contributed by atoms with Crippen LogP contribution in [0, 0.1) is 5.92 Å². The lowest BCUT2D eigenvalue weighted by atomic mass is 9.95. The number of hydrogen-bond acceptors (Lipinski definition) is 4. The highest BCUT2D eigenvalue weighted by Gasteiger charge is 2.41. The second-order valence-corrected chi connectivity index (χ2v) is 7.36. The van der Waals surface area contributed by atoms with E-state index in [-0.39, 0.29) is 17.6 Å². The molecule has 3 rings (SSSR count). The lowest BCUT2D eigenvalue weighted by Gasteiger charge is -2.34. The van der Waals surface area contributed by atoms with Crippen LogP contribution in [0.1, 0.15) is 31.7 Å². The smallest absolute Gasteiger partial charge is 0.223 e. The van der Waals surface area contributed by atoms with Gasteiger partial charge in [-0.05, 0) is 31.2 Å². The maximum absolute atomic E-state index is 12.4. The van der Waals surface area contributed by atoms with E-state index < -0.39 is 0 Å². The van der Waals surface area contributed by atoms with Crippen molar-refractivity contribution < 1.29 is 9.53 Å². The molecule has 0 radical (unpaired) electrons. The van der Waals surface area contributed by atoms with Crippen molar-refractivity contribution in [2.75, 3.05) is 26.2 Å². The molecule has 3 N–H and O–H groups in total. The molecule has 24 heavy (non-hydrogen) atoms. The highest BCUT2D eigenvalue weighted by atomic mass is 16.5. The SMILES string of the molecule is CC(CN)(NC(=O)CC1CN(Cc2ccccc2)CCO1)C1CC1. The molecule has 1 amide bonds. The van der Waals surface area contributed by atoms with Crippen molar-refractivity contribution in [2.24, 2.45) is 11.7 Å². The Kier molecular flexibility index (Phi) is 5.54. The van der Waals surface area contributed by atoms with E-state index >= 15 is 0 Å². The maximum Gasteiger partial charge on any atom is 0.223 e. The van der Waals surface area contributed by atoms with Crippen molar-refractivity contribution in [3.05, 3.63) is 35.9 Å². The molecule has 5 heteroatoms. The first-order chi connectivity index (χ1) is 11.6. The van der Waals surface area contributed by atoms with Gasteiger partial charge in [0, 0.05) is 26.2 Å². The van der Waals surface area contributed by atoms with Gasteiger partial charge in [0.25, 0.3) is 0 Å². The van der Waals surface area contributed by atoms with Crippen molar-refractivity contribution >= 4 is 5.91 Å². The van der Waals surface area contributed by atoms with Gasteiger partial charge >= 0.3 is 0 Å². The Morgan fingerprint density at radius 1 is 1.38 bits per heavy atom. The number of rotatable bonds is 7. The average Bonchev–Trinajstić information content (AvgIpc) is 3.41. The summed E-state index contributed by atoms with van der Waals surface area (Å²) >= 11 is 0. The zero-order valence-electron chi connectivity index (χ0n) is 14.5. The van der Waals surface area contributed by atoms with Crippen LogP contribution in [0.2, 0.25) is 0 Å². The molecule has 2 aliphatic rings. The molecule has 1 saturated carbocycles. The van der Waals surface area contributed by atoms with Gasteiger partial charge in [-0.2, -0.15) is 0 Å². The van der Waals surface area contributed by atoms with E-state index in [1.807, 2.05) is 6.07 Å². The van der Waals surface area contributed by atoms with E-state index in [4.69, 9.17) is 10.5 Å². The van der Waals surface area contributed by atoms with Crippen LogP contribution in [0.25, 0.3) is 0 Å². The summed E-state index contributed by atoms with van der Waals surface area (Å²) in [5, 5.41) is 3.15. The maximum atomic E-state index is 12.4. The minimum absolute atomic E-state index is 0.0383. The molecule has 1 heterocycles. The van der Waals surface area contributed by atoms with Gasteiger partial charge < -0.3 is 15.8 Å². The molecule has 0 spiro atoms. The first kappa shape index (κ1) is 17.4. The number of benzene rings is 1. The van der Waals surface area contributed by atoms with Crippen LogP contribution < -0.4 is 11.1 Å². The van der Waals surface area contributed by atoms with Crippen LogP contribution in [-0.4, -0.2) is 48.7 Å². The molecule has 2 fully saturated rings. The number of nitrogens with zero attached hydrogens (tertiary/aromatic N) is 1.